The van der Waals surface area contributed by atoms with E-state index in [1.807, 2.05) is 50.4 Å². The van der Waals surface area contributed by atoms with Gasteiger partial charge in [0.1, 0.15) is 11.3 Å². The van der Waals surface area contributed by atoms with Crippen molar-refractivity contribution in [1.82, 2.24) is 19.9 Å². The SMILES string of the molecule is CC(C)(C)OC(=O)N1CCN(c2ccncc2NC(=O)c2ccnc(-c3cccc4ccsc34)n2)CC1. The topological polar surface area (TPSA) is 101 Å². The molecule has 0 saturated carbocycles. The number of ether oxygens (including phenoxy) is 1. The fourth-order valence-electron chi connectivity index (χ4n) is 4.19. The molecule has 1 aromatic carbocycles. The van der Waals surface area contributed by atoms with Crippen LogP contribution in [-0.2, 0) is 4.74 Å². The Labute approximate surface area is 219 Å². The van der Waals surface area contributed by atoms with Gasteiger partial charge < -0.3 is 19.9 Å². The van der Waals surface area contributed by atoms with Crippen LogP contribution in [0.3, 0.4) is 0 Å². The lowest BCUT2D eigenvalue weighted by Crippen LogP contribution is -2.50. The van der Waals surface area contributed by atoms with Crippen LogP contribution >= 0.6 is 11.3 Å². The van der Waals surface area contributed by atoms with Gasteiger partial charge >= 0.3 is 6.09 Å². The third kappa shape index (κ3) is 5.54. The fourth-order valence-corrected chi connectivity index (χ4v) is 5.10. The smallest absolute Gasteiger partial charge is 0.410 e. The Bertz CT molecular complexity index is 1440. The molecule has 10 heteroatoms. The van der Waals surface area contributed by atoms with Gasteiger partial charge in [-0.2, -0.15) is 0 Å². The molecule has 0 aliphatic carbocycles. The predicted octanol–water partition coefficient (Wildman–Crippen LogP) is 5.06. The average molecular weight is 517 g/mol. The molecule has 1 aliphatic rings. The highest BCUT2D eigenvalue weighted by Gasteiger charge is 2.27. The highest BCUT2D eigenvalue weighted by molar-refractivity contribution is 7.17. The minimum absolute atomic E-state index is 0.267. The number of benzene rings is 1. The molecule has 0 radical (unpaired) electrons. The van der Waals surface area contributed by atoms with Gasteiger partial charge in [-0.05, 0) is 55.8 Å². The zero-order valence-corrected chi connectivity index (χ0v) is 21.8. The number of fused-ring (bicyclic) bond motifs is 1. The maximum atomic E-state index is 13.2. The highest BCUT2D eigenvalue weighted by Crippen LogP contribution is 2.31. The van der Waals surface area contributed by atoms with E-state index in [0.717, 1.165) is 21.3 Å². The zero-order valence-electron chi connectivity index (χ0n) is 21.0. The first kappa shape index (κ1) is 24.6. The summed E-state index contributed by atoms with van der Waals surface area (Å²) in [5, 5.41) is 6.11. The normalized spacial score (nSPS) is 14.0. The van der Waals surface area contributed by atoms with Crippen molar-refractivity contribution in [2.75, 3.05) is 36.4 Å². The van der Waals surface area contributed by atoms with Gasteiger partial charge in [0.05, 0.1) is 17.6 Å². The number of pyridine rings is 1. The van der Waals surface area contributed by atoms with Crippen LogP contribution in [-0.4, -0.2) is 63.6 Å². The molecule has 1 saturated heterocycles. The number of carbonyl (C=O) groups excluding carboxylic acids is 2. The van der Waals surface area contributed by atoms with E-state index in [0.29, 0.717) is 37.7 Å². The maximum Gasteiger partial charge on any atom is 0.410 e. The number of thiophene rings is 1. The van der Waals surface area contributed by atoms with Crippen LogP contribution in [0.15, 0.2) is 60.4 Å². The summed E-state index contributed by atoms with van der Waals surface area (Å²) < 4.78 is 6.58. The number of hydrogen-bond acceptors (Lipinski definition) is 8. The van der Waals surface area contributed by atoms with Gasteiger partial charge in [-0.15, -0.1) is 11.3 Å². The van der Waals surface area contributed by atoms with E-state index >= 15 is 0 Å². The number of hydrogen-bond donors (Lipinski definition) is 1. The number of aromatic nitrogens is 3. The van der Waals surface area contributed by atoms with Crippen molar-refractivity contribution in [3.05, 3.63) is 66.1 Å². The van der Waals surface area contributed by atoms with E-state index in [9.17, 15) is 9.59 Å². The van der Waals surface area contributed by atoms with Gasteiger partial charge in [0.2, 0.25) is 0 Å². The zero-order chi connectivity index (χ0) is 26.0. The molecular formula is C27H28N6O3S. The average Bonchev–Trinajstić information content (AvgIpc) is 3.37. The van der Waals surface area contributed by atoms with Crippen LogP contribution in [0, 0.1) is 0 Å². The second-order valence-corrected chi connectivity index (χ2v) is 10.6. The second kappa shape index (κ2) is 10.1. The van der Waals surface area contributed by atoms with Crippen molar-refractivity contribution in [2.24, 2.45) is 0 Å². The number of piperazine rings is 1. The van der Waals surface area contributed by atoms with Crippen molar-refractivity contribution in [1.29, 1.82) is 0 Å². The molecule has 0 unspecified atom stereocenters. The van der Waals surface area contributed by atoms with Gasteiger partial charge in [0.15, 0.2) is 5.82 Å². The third-order valence-corrected chi connectivity index (χ3v) is 6.89. The second-order valence-electron chi connectivity index (χ2n) is 9.71. The van der Waals surface area contributed by atoms with Gasteiger partial charge in [0.25, 0.3) is 5.91 Å². The number of carbonyl (C=O) groups is 2. The number of nitrogens with one attached hydrogen (secondary N) is 1. The van der Waals surface area contributed by atoms with E-state index in [1.54, 1.807) is 40.9 Å². The van der Waals surface area contributed by atoms with Crippen LogP contribution in [0.5, 0.6) is 0 Å². The Morgan fingerprint density at radius 2 is 1.84 bits per heavy atom. The summed E-state index contributed by atoms with van der Waals surface area (Å²) in [7, 11) is 0. The Balaban J connectivity index is 1.30. The van der Waals surface area contributed by atoms with Crippen LogP contribution in [0.4, 0.5) is 16.2 Å². The Morgan fingerprint density at radius 1 is 1.03 bits per heavy atom. The molecule has 5 rings (SSSR count). The van der Waals surface area contributed by atoms with Gasteiger partial charge in [-0.3, -0.25) is 9.78 Å². The van der Waals surface area contributed by atoms with E-state index in [2.05, 4.69) is 31.2 Å². The summed E-state index contributed by atoms with van der Waals surface area (Å²) in [6.45, 7) is 7.83. The van der Waals surface area contributed by atoms with Crippen molar-refractivity contribution < 1.29 is 14.3 Å². The van der Waals surface area contributed by atoms with Crippen molar-refractivity contribution in [2.45, 2.75) is 26.4 Å². The minimum Gasteiger partial charge on any atom is -0.444 e. The van der Waals surface area contributed by atoms with Gasteiger partial charge in [0, 0.05) is 48.8 Å². The lowest BCUT2D eigenvalue weighted by molar-refractivity contribution is 0.0240. The first-order valence-corrected chi connectivity index (χ1v) is 12.9. The van der Waals surface area contributed by atoms with Crippen LogP contribution in [0.2, 0.25) is 0 Å². The van der Waals surface area contributed by atoms with E-state index < -0.39 is 5.60 Å². The maximum absolute atomic E-state index is 13.2. The standard InChI is InChI=1S/C27H28N6O3S/c1-27(2,3)36-26(35)33-14-12-32(13-15-33)22-8-10-28-17-21(22)31-25(34)20-7-11-29-24(30-20)19-6-4-5-18-9-16-37-23(18)19/h4-11,16-17H,12-15H2,1-3H3,(H,31,34). The van der Waals surface area contributed by atoms with E-state index in [-0.39, 0.29) is 17.7 Å². The molecule has 4 aromatic rings. The van der Waals surface area contributed by atoms with Crippen LogP contribution < -0.4 is 10.2 Å². The molecule has 1 aliphatic heterocycles. The molecule has 1 N–H and O–H groups in total. The Hall–Kier alpha value is -4.05. The quantitative estimate of drug-likeness (QED) is 0.404. The summed E-state index contributed by atoms with van der Waals surface area (Å²) in [5.74, 6) is 0.161. The molecule has 0 spiro atoms. The number of rotatable bonds is 4. The molecule has 4 heterocycles. The molecule has 1 fully saturated rings. The van der Waals surface area contributed by atoms with Crippen molar-refractivity contribution >= 4 is 44.8 Å². The fraction of sp³-hybridized carbons (Fsp3) is 0.296. The summed E-state index contributed by atoms with van der Waals surface area (Å²) >= 11 is 1.62. The van der Waals surface area contributed by atoms with Crippen LogP contribution in [0.25, 0.3) is 21.5 Å². The number of anilines is 2. The molecule has 37 heavy (non-hydrogen) atoms. The summed E-state index contributed by atoms with van der Waals surface area (Å²) in [6.07, 6.45) is 4.61. The first-order chi connectivity index (χ1) is 17.8. The minimum atomic E-state index is -0.534. The summed E-state index contributed by atoms with van der Waals surface area (Å²) in [6, 6.07) is 11.5. The first-order valence-electron chi connectivity index (χ1n) is 12.1. The molecule has 9 nitrogen and oxygen atoms in total. The van der Waals surface area contributed by atoms with Crippen LogP contribution in [0.1, 0.15) is 31.3 Å². The highest BCUT2D eigenvalue weighted by atomic mass is 32.1. The van der Waals surface area contributed by atoms with Gasteiger partial charge in [-0.25, -0.2) is 14.8 Å². The molecule has 0 bridgehead atoms. The predicted molar refractivity (Wildman–Crippen MR) is 145 cm³/mol. The van der Waals surface area contributed by atoms with Gasteiger partial charge in [-0.1, -0.05) is 12.1 Å². The van der Waals surface area contributed by atoms with E-state index in [1.165, 1.54) is 0 Å². The Kier molecular flexibility index (Phi) is 6.75. The summed E-state index contributed by atoms with van der Waals surface area (Å²) in [5.41, 5.74) is 2.05. The van der Waals surface area contributed by atoms with Crippen molar-refractivity contribution in [3.8, 4) is 11.4 Å². The monoisotopic (exact) mass is 516 g/mol. The molecule has 2 amide bonds. The lowest BCUT2D eigenvalue weighted by atomic mass is 10.1. The lowest BCUT2D eigenvalue weighted by Gasteiger charge is -2.37. The number of nitrogens with zero attached hydrogens (tertiary/aromatic N) is 5. The molecule has 0 atom stereocenters. The third-order valence-electron chi connectivity index (χ3n) is 5.93. The molecular weight excluding hydrogens is 488 g/mol. The number of amides is 2. The molecule has 190 valence electrons. The largest absolute Gasteiger partial charge is 0.444 e. The van der Waals surface area contributed by atoms with E-state index in [4.69, 9.17) is 4.74 Å². The van der Waals surface area contributed by atoms with Crippen molar-refractivity contribution in [3.63, 3.8) is 0 Å². The summed E-state index contributed by atoms with van der Waals surface area (Å²) in [4.78, 5) is 42.6. The Morgan fingerprint density at radius 3 is 2.62 bits per heavy atom. The molecule has 3 aromatic heterocycles.